The van der Waals surface area contributed by atoms with Crippen LogP contribution in [0.5, 0.6) is 0 Å². The zero-order valence-electron chi connectivity index (χ0n) is 10.7. The average Bonchev–Trinajstić information content (AvgIpc) is 2.47. The molecule has 0 amide bonds. The largest absolute Gasteiger partial charge is 0.352 e. The molecule has 2 heterocycles. The second-order valence-corrected chi connectivity index (χ2v) is 5.72. The first-order chi connectivity index (χ1) is 8.88. The molecule has 1 saturated heterocycles. The van der Waals surface area contributed by atoms with Crippen LogP contribution in [-0.2, 0) is 5.88 Å². The molecule has 0 spiro atoms. The fourth-order valence-corrected chi connectivity index (χ4v) is 3.64. The molecule has 0 bridgehead atoms. The van der Waals surface area contributed by atoms with Crippen LogP contribution < -0.4 is 4.90 Å². The molecular weight excluding hydrogens is 246 g/mol. The second-order valence-electron chi connectivity index (χ2n) is 5.45. The predicted octanol–water partition coefficient (Wildman–Crippen LogP) is 3.37. The van der Waals surface area contributed by atoms with Crippen LogP contribution in [0, 0.1) is 5.92 Å². The summed E-state index contributed by atoms with van der Waals surface area (Å²) in [6.45, 7) is 1.13. The topological polar surface area (TPSA) is 29.0 Å². The highest BCUT2D eigenvalue weighted by Crippen LogP contribution is 2.36. The third-order valence-corrected chi connectivity index (χ3v) is 4.62. The Morgan fingerprint density at radius 3 is 2.89 bits per heavy atom. The van der Waals surface area contributed by atoms with Gasteiger partial charge in [0, 0.05) is 18.8 Å². The van der Waals surface area contributed by atoms with Gasteiger partial charge in [-0.05, 0) is 31.6 Å². The Morgan fingerprint density at radius 1 is 1.17 bits per heavy atom. The van der Waals surface area contributed by atoms with Gasteiger partial charge in [0.2, 0.25) is 0 Å². The van der Waals surface area contributed by atoms with Crippen molar-refractivity contribution >= 4 is 17.4 Å². The van der Waals surface area contributed by atoms with Crippen LogP contribution >= 0.6 is 11.6 Å². The molecule has 18 heavy (non-hydrogen) atoms. The number of fused-ring (bicyclic) bond motifs is 1. The van der Waals surface area contributed by atoms with E-state index in [1.54, 1.807) is 6.20 Å². The highest BCUT2D eigenvalue weighted by atomic mass is 35.5. The number of anilines is 1. The number of rotatable bonds is 2. The van der Waals surface area contributed by atoms with Crippen molar-refractivity contribution in [3.63, 3.8) is 0 Å². The van der Waals surface area contributed by atoms with Crippen molar-refractivity contribution < 1.29 is 0 Å². The summed E-state index contributed by atoms with van der Waals surface area (Å²) in [6, 6.07) is 0.687. The maximum Gasteiger partial charge on any atom is 0.147 e. The summed E-state index contributed by atoms with van der Waals surface area (Å²) in [5, 5.41) is 0. The lowest BCUT2D eigenvalue weighted by Gasteiger charge is -2.44. The number of piperidine rings is 1. The van der Waals surface area contributed by atoms with Gasteiger partial charge in [-0.2, -0.15) is 0 Å². The number of hydrogen-bond acceptors (Lipinski definition) is 3. The second kappa shape index (κ2) is 5.43. The van der Waals surface area contributed by atoms with Gasteiger partial charge >= 0.3 is 0 Å². The first-order valence-corrected chi connectivity index (χ1v) is 7.55. The van der Waals surface area contributed by atoms with Crippen LogP contribution in [-0.4, -0.2) is 22.6 Å². The van der Waals surface area contributed by atoms with Crippen molar-refractivity contribution in [3.05, 3.63) is 18.1 Å². The molecule has 1 aromatic heterocycles. The van der Waals surface area contributed by atoms with Crippen LogP contribution in [0.4, 0.5) is 5.82 Å². The molecule has 0 aromatic carbocycles. The summed E-state index contributed by atoms with van der Waals surface area (Å²) >= 11 is 5.85. The average molecular weight is 266 g/mol. The number of halogens is 1. The fraction of sp³-hybridized carbons (Fsp3) is 0.714. The van der Waals surface area contributed by atoms with Crippen LogP contribution in [0.2, 0.25) is 0 Å². The highest BCUT2D eigenvalue weighted by Gasteiger charge is 2.33. The Labute approximate surface area is 114 Å². The smallest absolute Gasteiger partial charge is 0.147 e. The molecule has 1 aliphatic heterocycles. The third-order valence-electron chi connectivity index (χ3n) is 4.35. The summed E-state index contributed by atoms with van der Waals surface area (Å²) in [6.07, 6.45) is 11.8. The summed E-state index contributed by atoms with van der Waals surface area (Å²) in [4.78, 5) is 11.4. The molecule has 4 heteroatoms. The van der Waals surface area contributed by atoms with Gasteiger partial charge in [-0.1, -0.05) is 12.8 Å². The first-order valence-electron chi connectivity index (χ1n) is 7.02. The van der Waals surface area contributed by atoms with E-state index in [-0.39, 0.29) is 0 Å². The van der Waals surface area contributed by atoms with E-state index in [4.69, 9.17) is 11.6 Å². The lowest BCUT2D eigenvalue weighted by atomic mass is 9.78. The van der Waals surface area contributed by atoms with Crippen molar-refractivity contribution in [3.8, 4) is 0 Å². The maximum atomic E-state index is 5.85. The van der Waals surface area contributed by atoms with Gasteiger partial charge in [0.05, 0.1) is 17.8 Å². The summed E-state index contributed by atoms with van der Waals surface area (Å²) in [5.74, 6) is 2.35. The number of aromatic nitrogens is 2. The van der Waals surface area contributed by atoms with E-state index in [0.717, 1.165) is 24.0 Å². The lowest BCUT2D eigenvalue weighted by Crippen LogP contribution is -2.47. The minimum absolute atomic E-state index is 0.447. The van der Waals surface area contributed by atoms with Crippen LogP contribution in [0.15, 0.2) is 12.4 Å². The predicted molar refractivity (Wildman–Crippen MR) is 73.9 cm³/mol. The van der Waals surface area contributed by atoms with Gasteiger partial charge in [-0.25, -0.2) is 4.98 Å². The molecule has 2 fully saturated rings. The molecule has 98 valence electrons. The van der Waals surface area contributed by atoms with Crippen LogP contribution in [0.25, 0.3) is 0 Å². The standard InChI is InChI=1S/C14H20ClN3/c15-8-12-9-16-10-14(17-12)18-7-3-5-11-4-1-2-6-13(11)18/h9-11,13H,1-8H2. The summed E-state index contributed by atoms with van der Waals surface area (Å²) in [7, 11) is 0. The van der Waals surface area contributed by atoms with Crippen molar-refractivity contribution in [2.75, 3.05) is 11.4 Å². The molecular formula is C14H20ClN3. The normalized spacial score (nSPS) is 27.9. The highest BCUT2D eigenvalue weighted by molar-refractivity contribution is 6.16. The van der Waals surface area contributed by atoms with Crippen molar-refractivity contribution in [1.82, 2.24) is 9.97 Å². The Morgan fingerprint density at radius 2 is 2.00 bits per heavy atom. The van der Waals surface area contributed by atoms with E-state index in [2.05, 4.69) is 14.9 Å². The van der Waals surface area contributed by atoms with Gasteiger partial charge in [0.15, 0.2) is 0 Å². The molecule has 1 aromatic rings. The molecule has 0 N–H and O–H groups in total. The Kier molecular flexibility index (Phi) is 3.69. The van der Waals surface area contributed by atoms with E-state index in [9.17, 15) is 0 Å². The molecule has 3 rings (SSSR count). The van der Waals surface area contributed by atoms with Gasteiger partial charge in [-0.15, -0.1) is 11.6 Å². The molecule has 2 atom stereocenters. The van der Waals surface area contributed by atoms with Crippen LogP contribution in [0.3, 0.4) is 0 Å². The van der Waals surface area contributed by atoms with E-state index >= 15 is 0 Å². The zero-order valence-corrected chi connectivity index (χ0v) is 11.4. The first kappa shape index (κ1) is 12.2. The Bertz CT molecular complexity index is 408. The minimum Gasteiger partial charge on any atom is -0.352 e. The Balaban J connectivity index is 1.84. The van der Waals surface area contributed by atoms with E-state index in [1.807, 2.05) is 6.20 Å². The van der Waals surface area contributed by atoms with Crippen LogP contribution in [0.1, 0.15) is 44.2 Å². The molecule has 1 saturated carbocycles. The molecule has 1 aliphatic carbocycles. The number of alkyl halides is 1. The molecule has 3 nitrogen and oxygen atoms in total. The van der Waals surface area contributed by atoms with Crippen molar-refractivity contribution in [2.45, 2.75) is 50.4 Å². The van der Waals surface area contributed by atoms with E-state index in [0.29, 0.717) is 11.9 Å². The molecule has 2 aliphatic rings. The van der Waals surface area contributed by atoms with Gasteiger partial charge in [0.25, 0.3) is 0 Å². The van der Waals surface area contributed by atoms with Gasteiger partial charge < -0.3 is 4.90 Å². The summed E-state index contributed by atoms with van der Waals surface area (Å²) < 4.78 is 0. The third kappa shape index (κ3) is 2.33. The van der Waals surface area contributed by atoms with Gasteiger partial charge in [-0.3, -0.25) is 4.98 Å². The SMILES string of the molecule is ClCc1cncc(N2CCCC3CCCCC32)n1. The molecule has 0 radical (unpaired) electrons. The fourth-order valence-electron chi connectivity index (χ4n) is 3.51. The molecule has 2 unspecified atom stereocenters. The lowest BCUT2D eigenvalue weighted by molar-refractivity contribution is 0.242. The number of nitrogens with zero attached hydrogens (tertiary/aromatic N) is 3. The Hall–Kier alpha value is -0.830. The summed E-state index contributed by atoms with van der Waals surface area (Å²) in [5.41, 5.74) is 0.882. The number of hydrogen-bond donors (Lipinski definition) is 0. The minimum atomic E-state index is 0.447. The quantitative estimate of drug-likeness (QED) is 0.768. The maximum absolute atomic E-state index is 5.85. The van der Waals surface area contributed by atoms with Crippen molar-refractivity contribution in [1.29, 1.82) is 0 Å². The monoisotopic (exact) mass is 265 g/mol. The van der Waals surface area contributed by atoms with E-state index < -0.39 is 0 Å². The van der Waals surface area contributed by atoms with E-state index in [1.165, 1.54) is 38.5 Å². The van der Waals surface area contributed by atoms with Gasteiger partial charge in [0.1, 0.15) is 5.82 Å². The van der Waals surface area contributed by atoms with Crippen molar-refractivity contribution in [2.24, 2.45) is 5.92 Å². The zero-order chi connectivity index (χ0) is 12.4.